The van der Waals surface area contributed by atoms with Gasteiger partial charge in [0.1, 0.15) is 0 Å². The molecule has 0 saturated heterocycles. The van der Waals surface area contributed by atoms with E-state index in [1.165, 1.54) is 0 Å². The molecular weight excluding hydrogens is 203 g/mol. The quantitative estimate of drug-likeness (QED) is 0.403. The lowest BCUT2D eigenvalue weighted by Gasteiger charge is -1.98. The van der Waals surface area contributed by atoms with Crippen molar-refractivity contribution < 1.29 is 23.8 Å². The number of ether oxygens (including phenoxy) is 1. The van der Waals surface area contributed by atoms with Gasteiger partial charge in [-0.15, -0.1) is 0 Å². The van der Waals surface area contributed by atoms with Crippen molar-refractivity contribution in [1.82, 2.24) is 0 Å². The van der Waals surface area contributed by atoms with Crippen LogP contribution in [-0.2, 0) is 14.3 Å². The average Bonchev–Trinajstić information content (AvgIpc) is 2.16. The van der Waals surface area contributed by atoms with Gasteiger partial charge in [-0.05, 0) is 32.3 Å². The number of esters is 1. The Morgan fingerprint density at radius 1 is 1.40 bits per heavy atom. The minimum atomic E-state index is -0.962. The van der Waals surface area contributed by atoms with E-state index in [4.69, 9.17) is 5.11 Å². The Hall–Kier alpha value is -1.39. The second kappa shape index (κ2) is 7.96. The highest BCUT2D eigenvalue weighted by molar-refractivity contribution is 5.85. The predicted molar refractivity (Wildman–Crippen MR) is 51.9 cm³/mol. The Morgan fingerprint density at radius 2 is 2.07 bits per heavy atom. The fourth-order valence-corrected chi connectivity index (χ4v) is 0.933. The first-order valence-electron chi connectivity index (χ1n) is 4.82. The molecule has 0 atom stereocenters. The molecule has 1 N–H and O–H groups in total. The highest BCUT2D eigenvalue weighted by Gasteiger charge is 2.07. The molecule has 0 radical (unpaired) electrons. The summed E-state index contributed by atoms with van der Waals surface area (Å²) in [5, 5.41) is 8.32. The first kappa shape index (κ1) is 13.6. The van der Waals surface area contributed by atoms with E-state index >= 15 is 0 Å². The lowest BCUT2D eigenvalue weighted by molar-refractivity contribution is -0.140. The summed E-state index contributed by atoms with van der Waals surface area (Å²) in [6, 6.07) is 0. The summed E-state index contributed by atoms with van der Waals surface area (Å²) >= 11 is 0. The number of hydrogen-bond acceptors (Lipinski definition) is 3. The number of carboxylic acid groups (broad SMARTS) is 1. The van der Waals surface area contributed by atoms with Crippen LogP contribution in [0.2, 0.25) is 0 Å². The van der Waals surface area contributed by atoms with E-state index in [-0.39, 0.29) is 13.0 Å². The molecule has 0 fully saturated rings. The summed E-state index contributed by atoms with van der Waals surface area (Å²) in [6.07, 6.45) is 2.55. The zero-order valence-electron chi connectivity index (χ0n) is 8.66. The van der Waals surface area contributed by atoms with Gasteiger partial charge >= 0.3 is 11.9 Å². The summed E-state index contributed by atoms with van der Waals surface area (Å²) in [5.41, 5.74) is 0. The molecule has 0 bridgehead atoms. The van der Waals surface area contributed by atoms with Gasteiger partial charge in [0.15, 0.2) is 0 Å². The molecule has 0 aromatic rings. The maximum absolute atomic E-state index is 12.8. The lowest BCUT2D eigenvalue weighted by atomic mass is 10.2. The van der Waals surface area contributed by atoms with Crippen LogP contribution in [0.15, 0.2) is 11.9 Å². The first-order valence-corrected chi connectivity index (χ1v) is 4.82. The van der Waals surface area contributed by atoms with Gasteiger partial charge in [-0.2, -0.15) is 4.39 Å². The van der Waals surface area contributed by atoms with E-state index in [0.717, 1.165) is 6.08 Å². The largest absolute Gasteiger partial charge is 0.481 e. The van der Waals surface area contributed by atoms with Crippen LogP contribution in [0.25, 0.3) is 0 Å². The summed E-state index contributed by atoms with van der Waals surface area (Å²) in [6.45, 7) is 1.73. The van der Waals surface area contributed by atoms with Crippen LogP contribution >= 0.6 is 0 Å². The molecule has 5 heteroatoms. The molecule has 0 saturated carbocycles. The molecule has 86 valence electrons. The minimum absolute atomic E-state index is 0.0644. The van der Waals surface area contributed by atoms with Crippen LogP contribution in [0, 0.1) is 0 Å². The normalized spacial score (nSPS) is 11.2. The van der Waals surface area contributed by atoms with E-state index in [9.17, 15) is 14.0 Å². The van der Waals surface area contributed by atoms with Crippen molar-refractivity contribution in [3.8, 4) is 0 Å². The second-order valence-electron chi connectivity index (χ2n) is 2.91. The van der Waals surface area contributed by atoms with Crippen LogP contribution in [0.1, 0.15) is 32.6 Å². The Morgan fingerprint density at radius 3 is 2.60 bits per heavy atom. The molecule has 0 unspecified atom stereocenters. The molecule has 15 heavy (non-hydrogen) atoms. The first-order chi connectivity index (χ1) is 7.07. The van der Waals surface area contributed by atoms with Crippen LogP contribution in [0.4, 0.5) is 4.39 Å². The van der Waals surface area contributed by atoms with Crippen LogP contribution in [0.5, 0.6) is 0 Å². The van der Waals surface area contributed by atoms with E-state index in [1.807, 2.05) is 0 Å². The van der Waals surface area contributed by atoms with Crippen LogP contribution in [0.3, 0.4) is 0 Å². The minimum Gasteiger partial charge on any atom is -0.481 e. The number of unbranched alkanes of at least 4 members (excludes halogenated alkanes) is 2. The van der Waals surface area contributed by atoms with E-state index in [2.05, 4.69) is 4.74 Å². The van der Waals surface area contributed by atoms with Crippen LogP contribution < -0.4 is 0 Å². The summed E-state index contributed by atoms with van der Waals surface area (Å²) in [7, 11) is 0. The highest BCUT2D eigenvalue weighted by Crippen LogP contribution is 2.06. The number of halogens is 1. The van der Waals surface area contributed by atoms with Crippen molar-refractivity contribution in [2.45, 2.75) is 32.6 Å². The number of rotatable bonds is 7. The number of carbonyl (C=O) groups excluding carboxylic acids is 1. The fraction of sp³-hybridized carbons (Fsp3) is 0.600. The number of carboxylic acids is 1. The van der Waals surface area contributed by atoms with Crippen molar-refractivity contribution in [2.24, 2.45) is 0 Å². The summed E-state index contributed by atoms with van der Waals surface area (Å²) < 4.78 is 17.3. The van der Waals surface area contributed by atoms with Gasteiger partial charge in [-0.25, -0.2) is 4.79 Å². The molecule has 0 aliphatic carbocycles. The Kier molecular flexibility index (Phi) is 7.23. The van der Waals surface area contributed by atoms with Crippen LogP contribution in [-0.4, -0.2) is 23.7 Å². The molecule has 0 spiro atoms. The molecule has 0 aromatic carbocycles. The molecule has 0 rings (SSSR count). The molecule has 0 heterocycles. The lowest BCUT2D eigenvalue weighted by Crippen LogP contribution is -2.04. The van der Waals surface area contributed by atoms with Gasteiger partial charge in [0.05, 0.1) is 6.61 Å². The number of hydrogen-bond donors (Lipinski definition) is 1. The third-order valence-corrected chi connectivity index (χ3v) is 1.64. The van der Waals surface area contributed by atoms with Gasteiger partial charge in [0.25, 0.3) is 0 Å². The maximum atomic E-state index is 12.8. The van der Waals surface area contributed by atoms with Gasteiger partial charge in [0, 0.05) is 6.42 Å². The van der Waals surface area contributed by atoms with Crippen molar-refractivity contribution in [3.63, 3.8) is 0 Å². The molecule has 0 amide bonds. The molecule has 0 aliphatic rings. The number of allylic oxidation sites excluding steroid dienone is 1. The molecule has 4 nitrogen and oxygen atoms in total. The topological polar surface area (TPSA) is 63.6 Å². The number of aliphatic carboxylic acids is 1. The van der Waals surface area contributed by atoms with Gasteiger partial charge in [0.2, 0.25) is 5.83 Å². The van der Waals surface area contributed by atoms with Gasteiger partial charge < -0.3 is 9.84 Å². The average molecular weight is 218 g/mol. The highest BCUT2D eigenvalue weighted by atomic mass is 19.1. The monoisotopic (exact) mass is 218 g/mol. The smallest absolute Gasteiger partial charge is 0.366 e. The number of carbonyl (C=O) groups is 2. The SMILES string of the molecule is CCOC(=O)/C(F)=C\CCCCC(=O)O. The van der Waals surface area contributed by atoms with Crippen molar-refractivity contribution in [1.29, 1.82) is 0 Å². The third-order valence-electron chi connectivity index (χ3n) is 1.64. The Bertz CT molecular complexity index is 248. The van der Waals surface area contributed by atoms with Gasteiger partial charge in [-0.3, -0.25) is 4.79 Å². The second-order valence-corrected chi connectivity index (χ2v) is 2.91. The Balaban J connectivity index is 3.66. The Labute approximate surface area is 87.7 Å². The summed E-state index contributed by atoms with van der Waals surface area (Å²) in [4.78, 5) is 20.9. The van der Waals surface area contributed by atoms with E-state index in [1.54, 1.807) is 6.92 Å². The fourth-order valence-electron chi connectivity index (χ4n) is 0.933. The van der Waals surface area contributed by atoms with Gasteiger partial charge in [-0.1, -0.05) is 0 Å². The molecule has 0 aromatic heterocycles. The summed E-state index contributed by atoms with van der Waals surface area (Å²) in [5.74, 6) is -2.74. The zero-order valence-corrected chi connectivity index (χ0v) is 8.66. The molecular formula is C10H15FO4. The molecule has 0 aliphatic heterocycles. The maximum Gasteiger partial charge on any atom is 0.366 e. The van der Waals surface area contributed by atoms with E-state index in [0.29, 0.717) is 19.3 Å². The third kappa shape index (κ3) is 7.66. The van der Waals surface area contributed by atoms with Crippen molar-refractivity contribution in [3.05, 3.63) is 11.9 Å². The van der Waals surface area contributed by atoms with E-state index < -0.39 is 17.8 Å². The van der Waals surface area contributed by atoms with Crippen molar-refractivity contribution in [2.75, 3.05) is 6.61 Å². The van der Waals surface area contributed by atoms with Crippen molar-refractivity contribution >= 4 is 11.9 Å². The predicted octanol–water partition coefficient (Wildman–Crippen LogP) is 2.05. The zero-order chi connectivity index (χ0) is 11.7. The standard InChI is InChI=1S/C10H15FO4/c1-2-15-10(14)8(11)6-4-3-5-7-9(12)13/h6H,2-5,7H2,1H3,(H,12,13)/b8-6+.